The Bertz CT molecular complexity index is 484. The van der Waals surface area contributed by atoms with Crippen LogP contribution in [0.2, 0.25) is 0 Å². The van der Waals surface area contributed by atoms with Crippen molar-refractivity contribution in [2.75, 3.05) is 19.7 Å². The van der Waals surface area contributed by atoms with E-state index in [2.05, 4.69) is 31.4 Å². The van der Waals surface area contributed by atoms with Crippen LogP contribution in [0.3, 0.4) is 0 Å². The van der Waals surface area contributed by atoms with Crippen LogP contribution in [0.25, 0.3) is 0 Å². The lowest BCUT2D eigenvalue weighted by Crippen LogP contribution is -2.46. The molecule has 1 aromatic carbocycles. The summed E-state index contributed by atoms with van der Waals surface area (Å²) in [4.78, 5) is 12.0. The highest BCUT2D eigenvalue weighted by atomic mass is 16.5. The first kappa shape index (κ1) is 16.9. The molecule has 122 valence electrons. The average Bonchev–Trinajstić information content (AvgIpc) is 2.83. The molecule has 1 amide bonds. The fourth-order valence-corrected chi connectivity index (χ4v) is 2.37. The van der Waals surface area contributed by atoms with E-state index in [0.717, 1.165) is 6.54 Å². The van der Waals surface area contributed by atoms with E-state index in [-0.39, 0.29) is 23.5 Å². The van der Waals surface area contributed by atoms with Gasteiger partial charge in [0.25, 0.3) is 5.91 Å². The smallest absolute Gasteiger partial charge is 0.251 e. The molecular formula is C17H26N2O3. The van der Waals surface area contributed by atoms with E-state index < -0.39 is 6.10 Å². The molecule has 1 saturated heterocycles. The molecule has 1 heterocycles. The minimum Gasteiger partial charge on any atom is -0.389 e. The van der Waals surface area contributed by atoms with Gasteiger partial charge in [0, 0.05) is 18.7 Å². The van der Waals surface area contributed by atoms with Crippen LogP contribution >= 0.6 is 0 Å². The van der Waals surface area contributed by atoms with Gasteiger partial charge in [-0.3, -0.25) is 4.79 Å². The van der Waals surface area contributed by atoms with Crippen LogP contribution in [0.5, 0.6) is 0 Å². The molecule has 0 unspecified atom stereocenters. The molecule has 0 aromatic heterocycles. The summed E-state index contributed by atoms with van der Waals surface area (Å²) >= 11 is 0. The van der Waals surface area contributed by atoms with Crippen LogP contribution in [0.4, 0.5) is 0 Å². The van der Waals surface area contributed by atoms with Crippen molar-refractivity contribution in [1.82, 2.24) is 10.6 Å². The molecule has 1 aromatic rings. The van der Waals surface area contributed by atoms with Crippen molar-refractivity contribution in [3.05, 3.63) is 35.9 Å². The van der Waals surface area contributed by atoms with Crippen LogP contribution in [0.15, 0.2) is 30.3 Å². The molecule has 1 fully saturated rings. The van der Waals surface area contributed by atoms with Crippen LogP contribution in [-0.2, 0) is 4.74 Å². The number of hydrogen-bond donors (Lipinski definition) is 3. The zero-order valence-electron chi connectivity index (χ0n) is 13.5. The number of carbonyl (C=O) groups excluding carboxylic acids is 1. The van der Waals surface area contributed by atoms with E-state index in [9.17, 15) is 9.90 Å². The van der Waals surface area contributed by atoms with Gasteiger partial charge in [-0.1, -0.05) is 39.0 Å². The Balaban J connectivity index is 1.79. The lowest BCUT2D eigenvalue weighted by atomic mass is 9.96. The van der Waals surface area contributed by atoms with E-state index in [4.69, 9.17) is 4.74 Å². The van der Waals surface area contributed by atoms with Crippen LogP contribution < -0.4 is 10.6 Å². The van der Waals surface area contributed by atoms with Crippen molar-refractivity contribution in [2.45, 2.75) is 39.0 Å². The van der Waals surface area contributed by atoms with E-state index in [1.165, 1.54) is 0 Å². The highest BCUT2D eigenvalue weighted by Crippen LogP contribution is 2.17. The maximum Gasteiger partial charge on any atom is 0.251 e. The van der Waals surface area contributed by atoms with E-state index in [1.54, 1.807) is 12.1 Å². The first-order valence-electron chi connectivity index (χ1n) is 7.73. The Hall–Kier alpha value is -1.43. The van der Waals surface area contributed by atoms with Crippen molar-refractivity contribution in [3.63, 3.8) is 0 Å². The Labute approximate surface area is 132 Å². The summed E-state index contributed by atoms with van der Waals surface area (Å²) in [5.74, 6) is -0.150. The molecule has 5 nitrogen and oxygen atoms in total. The third-order valence-electron chi connectivity index (χ3n) is 3.68. The summed E-state index contributed by atoms with van der Waals surface area (Å²) in [6.45, 7) is 7.99. The molecule has 5 heteroatoms. The SMILES string of the molecule is CC(C)(C)CN[C@@H]1CO[C@H](CNC(=O)c2ccccc2)[C@H]1O. The highest BCUT2D eigenvalue weighted by molar-refractivity contribution is 5.94. The van der Waals surface area contributed by atoms with Gasteiger partial charge < -0.3 is 20.5 Å². The molecule has 1 aliphatic heterocycles. The summed E-state index contributed by atoms with van der Waals surface area (Å²) in [5.41, 5.74) is 0.761. The van der Waals surface area contributed by atoms with Gasteiger partial charge in [0.1, 0.15) is 6.10 Å². The fourth-order valence-electron chi connectivity index (χ4n) is 2.37. The fraction of sp³-hybridized carbons (Fsp3) is 0.588. The third-order valence-corrected chi connectivity index (χ3v) is 3.68. The van der Waals surface area contributed by atoms with Crippen LogP contribution in [0, 0.1) is 5.41 Å². The number of nitrogens with one attached hydrogen (secondary N) is 2. The molecule has 3 N–H and O–H groups in total. The van der Waals surface area contributed by atoms with Crippen molar-refractivity contribution in [3.8, 4) is 0 Å². The lowest BCUT2D eigenvalue weighted by molar-refractivity contribution is 0.0397. The van der Waals surface area contributed by atoms with Gasteiger partial charge in [-0.05, 0) is 17.5 Å². The summed E-state index contributed by atoms with van der Waals surface area (Å²) in [7, 11) is 0. The van der Waals surface area contributed by atoms with Crippen molar-refractivity contribution in [1.29, 1.82) is 0 Å². The van der Waals surface area contributed by atoms with Crippen molar-refractivity contribution in [2.24, 2.45) is 5.41 Å². The van der Waals surface area contributed by atoms with Gasteiger partial charge in [-0.15, -0.1) is 0 Å². The lowest BCUT2D eigenvalue weighted by Gasteiger charge is -2.24. The van der Waals surface area contributed by atoms with Crippen LogP contribution in [0.1, 0.15) is 31.1 Å². The Kier molecular flexibility index (Phi) is 5.56. The number of hydrogen-bond acceptors (Lipinski definition) is 4. The van der Waals surface area contributed by atoms with Crippen molar-refractivity contribution >= 4 is 5.91 Å². The molecule has 2 rings (SSSR count). The largest absolute Gasteiger partial charge is 0.389 e. The quantitative estimate of drug-likeness (QED) is 0.764. The predicted octanol–water partition coefficient (Wildman–Crippen LogP) is 1.18. The van der Waals surface area contributed by atoms with Gasteiger partial charge in [0.15, 0.2) is 0 Å². The second-order valence-corrected chi connectivity index (χ2v) is 6.99. The first-order valence-corrected chi connectivity index (χ1v) is 7.73. The van der Waals surface area contributed by atoms with Crippen LogP contribution in [-0.4, -0.2) is 49.0 Å². The normalized spacial score (nSPS) is 25.2. The Morgan fingerprint density at radius 3 is 2.64 bits per heavy atom. The molecule has 0 aliphatic carbocycles. The van der Waals surface area contributed by atoms with E-state index >= 15 is 0 Å². The van der Waals surface area contributed by atoms with Gasteiger partial charge in [0.2, 0.25) is 0 Å². The molecule has 0 saturated carbocycles. The molecular weight excluding hydrogens is 280 g/mol. The summed E-state index contributed by atoms with van der Waals surface area (Å²) in [6.07, 6.45) is -0.983. The van der Waals surface area contributed by atoms with E-state index in [0.29, 0.717) is 18.7 Å². The Morgan fingerprint density at radius 1 is 1.32 bits per heavy atom. The standard InChI is InChI=1S/C17H26N2O3/c1-17(2,3)11-19-13-10-22-14(15(13)20)9-18-16(21)12-7-5-4-6-8-12/h4-8,13-15,19-20H,9-11H2,1-3H3,(H,18,21)/t13-,14-,15+/m1/s1. The minimum atomic E-state index is -0.613. The first-order chi connectivity index (χ1) is 10.4. The van der Waals surface area contributed by atoms with Gasteiger partial charge in [0.05, 0.1) is 18.8 Å². The molecule has 3 atom stereocenters. The molecule has 0 bridgehead atoms. The molecule has 0 spiro atoms. The number of benzene rings is 1. The maximum atomic E-state index is 12.0. The molecule has 0 radical (unpaired) electrons. The van der Waals surface area contributed by atoms with Gasteiger partial charge in [-0.25, -0.2) is 0 Å². The number of ether oxygens (including phenoxy) is 1. The zero-order chi connectivity index (χ0) is 16.2. The average molecular weight is 306 g/mol. The number of aliphatic hydroxyl groups is 1. The van der Waals surface area contributed by atoms with Gasteiger partial charge in [-0.2, -0.15) is 0 Å². The minimum absolute atomic E-state index is 0.0853. The Morgan fingerprint density at radius 2 is 2.00 bits per heavy atom. The third kappa shape index (κ3) is 4.80. The highest BCUT2D eigenvalue weighted by Gasteiger charge is 2.36. The maximum absolute atomic E-state index is 12.0. The van der Waals surface area contributed by atoms with E-state index in [1.807, 2.05) is 18.2 Å². The molecule has 22 heavy (non-hydrogen) atoms. The summed E-state index contributed by atoms with van der Waals surface area (Å²) in [6, 6.07) is 8.94. The predicted molar refractivity (Wildman–Crippen MR) is 85.8 cm³/mol. The number of rotatable bonds is 5. The second-order valence-electron chi connectivity index (χ2n) is 6.99. The topological polar surface area (TPSA) is 70.6 Å². The summed E-state index contributed by atoms with van der Waals surface area (Å²) < 4.78 is 5.60. The number of aliphatic hydroxyl groups excluding tert-OH is 1. The zero-order valence-corrected chi connectivity index (χ0v) is 13.5. The van der Waals surface area contributed by atoms with Crippen molar-refractivity contribution < 1.29 is 14.6 Å². The number of carbonyl (C=O) groups is 1. The monoisotopic (exact) mass is 306 g/mol. The second kappa shape index (κ2) is 7.22. The number of amides is 1. The molecule has 1 aliphatic rings. The summed E-state index contributed by atoms with van der Waals surface area (Å²) in [5, 5.41) is 16.4. The van der Waals surface area contributed by atoms with Gasteiger partial charge >= 0.3 is 0 Å².